The molecule has 0 bridgehead atoms. The minimum absolute atomic E-state index is 0.115. The van der Waals surface area contributed by atoms with Crippen LogP contribution in [0.5, 0.6) is 0 Å². The highest BCUT2D eigenvalue weighted by molar-refractivity contribution is 6.74. The minimum Gasteiger partial charge on any atom is -0.504 e. The summed E-state index contributed by atoms with van der Waals surface area (Å²) in [6.45, 7) is 15.8. The zero-order valence-electron chi connectivity index (χ0n) is 17.6. The van der Waals surface area contributed by atoms with E-state index in [9.17, 15) is 4.79 Å². The maximum atomic E-state index is 12.0. The van der Waals surface area contributed by atoms with Gasteiger partial charge in [-0.1, -0.05) is 27.7 Å². The lowest BCUT2D eigenvalue weighted by Crippen LogP contribution is -2.54. The SMILES string of the molecule is CO/C=C1\CC[C@@H](O[Si](C)(C)C(C)(C)C)[C@]2(C)CC[C@@H](C(C)=O)C[C@@H]12. The van der Waals surface area contributed by atoms with Crippen molar-refractivity contribution in [1.29, 1.82) is 0 Å². The van der Waals surface area contributed by atoms with Crippen molar-refractivity contribution in [2.45, 2.75) is 91.0 Å². The zero-order valence-corrected chi connectivity index (χ0v) is 18.6. The summed E-state index contributed by atoms with van der Waals surface area (Å²) < 4.78 is 12.3. The first-order valence-corrected chi connectivity index (χ1v) is 12.7. The van der Waals surface area contributed by atoms with Crippen molar-refractivity contribution < 1.29 is 14.0 Å². The second kappa shape index (κ2) is 7.19. The Morgan fingerprint density at radius 2 is 1.92 bits per heavy atom. The Labute approximate surface area is 155 Å². The van der Waals surface area contributed by atoms with Crippen molar-refractivity contribution in [3.05, 3.63) is 11.8 Å². The van der Waals surface area contributed by atoms with Crippen molar-refractivity contribution in [1.82, 2.24) is 0 Å². The molecule has 0 unspecified atom stereocenters. The van der Waals surface area contributed by atoms with Crippen LogP contribution in [0.1, 0.15) is 66.7 Å². The number of hydrogen-bond donors (Lipinski definition) is 0. The average molecular weight is 367 g/mol. The van der Waals surface area contributed by atoms with Crippen molar-refractivity contribution in [3.8, 4) is 0 Å². The van der Waals surface area contributed by atoms with Gasteiger partial charge in [0, 0.05) is 5.92 Å². The standard InChI is InChI=1S/C21H38O3Si/c1-15(22)16-11-12-21(5)18(13-16)17(14-23-6)9-10-19(21)24-25(7,8)20(2,3)4/h14,16,18-19H,9-13H2,1-8H3/b17-14+/t16-,18+,19-,21-/m1/s1. The fraction of sp³-hybridized carbons (Fsp3) is 0.857. The summed E-state index contributed by atoms with van der Waals surface area (Å²) in [6.07, 6.45) is 7.35. The van der Waals surface area contributed by atoms with Crippen molar-refractivity contribution in [3.63, 3.8) is 0 Å². The van der Waals surface area contributed by atoms with E-state index in [4.69, 9.17) is 9.16 Å². The molecule has 0 spiro atoms. The van der Waals surface area contributed by atoms with Gasteiger partial charge in [0.1, 0.15) is 5.78 Å². The van der Waals surface area contributed by atoms with Gasteiger partial charge >= 0.3 is 0 Å². The molecule has 0 heterocycles. The number of ketones is 1. The van der Waals surface area contributed by atoms with Crippen LogP contribution in [0.3, 0.4) is 0 Å². The van der Waals surface area contributed by atoms with Gasteiger partial charge in [-0.15, -0.1) is 0 Å². The van der Waals surface area contributed by atoms with Crippen LogP contribution in [0.4, 0.5) is 0 Å². The van der Waals surface area contributed by atoms with E-state index in [-0.39, 0.29) is 16.4 Å². The molecule has 2 fully saturated rings. The first-order chi connectivity index (χ1) is 11.4. The van der Waals surface area contributed by atoms with Gasteiger partial charge in [-0.3, -0.25) is 4.79 Å². The molecule has 2 rings (SSSR count). The van der Waals surface area contributed by atoms with Gasteiger partial charge in [0.15, 0.2) is 8.32 Å². The molecule has 0 aromatic rings. The second-order valence-electron chi connectivity index (χ2n) is 9.97. The van der Waals surface area contributed by atoms with E-state index < -0.39 is 8.32 Å². The third kappa shape index (κ3) is 4.05. The number of Topliss-reactive ketones (excluding diaryl/α,β-unsaturated/α-hetero) is 1. The molecule has 2 aliphatic carbocycles. The number of ether oxygens (including phenoxy) is 1. The smallest absolute Gasteiger partial charge is 0.192 e. The first kappa shape index (κ1) is 20.7. The van der Waals surface area contributed by atoms with Gasteiger partial charge in [0.05, 0.1) is 19.5 Å². The Kier molecular flexibility index (Phi) is 5.95. The van der Waals surface area contributed by atoms with E-state index in [1.807, 2.05) is 6.26 Å². The Bertz CT molecular complexity index is 532. The van der Waals surface area contributed by atoms with Gasteiger partial charge in [0.25, 0.3) is 0 Å². The predicted octanol–water partition coefficient (Wildman–Crippen LogP) is 5.71. The summed E-state index contributed by atoms with van der Waals surface area (Å²) >= 11 is 0. The lowest BCUT2D eigenvalue weighted by Gasteiger charge is -2.55. The van der Waals surface area contributed by atoms with Crippen LogP contribution in [0.2, 0.25) is 18.1 Å². The van der Waals surface area contributed by atoms with Crippen molar-refractivity contribution >= 4 is 14.1 Å². The van der Waals surface area contributed by atoms with E-state index >= 15 is 0 Å². The third-order valence-corrected chi connectivity index (χ3v) is 11.8. The topological polar surface area (TPSA) is 35.5 Å². The van der Waals surface area contributed by atoms with Gasteiger partial charge in [-0.05, 0) is 74.1 Å². The van der Waals surface area contributed by atoms with E-state index in [0.717, 1.165) is 32.1 Å². The summed E-state index contributed by atoms with van der Waals surface area (Å²) in [4.78, 5) is 12.0. The molecule has 0 radical (unpaired) electrons. The summed E-state index contributed by atoms with van der Waals surface area (Å²) in [5, 5.41) is 0.220. The van der Waals surface area contributed by atoms with Gasteiger partial charge in [0.2, 0.25) is 0 Å². The van der Waals surface area contributed by atoms with E-state index in [1.165, 1.54) is 5.57 Å². The Morgan fingerprint density at radius 3 is 2.44 bits per heavy atom. The first-order valence-electron chi connectivity index (χ1n) is 9.82. The largest absolute Gasteiger partial charge is 0.504 e. The molecule has 4 atom stereocenters. The molecule has 0 aliphatic heterocycles. The molecule has 144 valence electrons. The molecule has 25 heavy (non-hydrogen) atoms. The fourth-order valence-electron chi connectivity index (χ4n) is 4.48. The van der Waals surface area contributed by atoms with Crippen LogP contribution in [0.25, 0.3) is 0 Å². The van der Waals surface area contributed by atoms with Crippen LogP contribution in [-0.2, 0) is 14.0 Å². The van der Waals surface area contributed by atoms with Crippen LogP contribution < -0.4 is 0 Å². The van der Waals surface area contributed by atoms with Crippen molar-refractivity contribution in [2.24, 2.45) is 17.3 Å². The predicted molar refractivity (Wildman–Crippen MR) is 106 cm³/mol. The summed E-state index contributed by atoms with van der Waals surface area (Å²) in [5.74, 6) is 0.940. The molecule has 4 heteroatoms. The third-order valence-electron chi connectivity index (χ3n) is 7.31. The van der Waals surface area contributed by atoms with Crippen LogP contribution in [0.15, 0.2) is 11.8 Å². The maximum Gasteiger partial charge on any atom is 0.192 e. The lowest BCUT2D eigenvalue weighted by molar-refractivity contribution is -0.125. The number of methoxy groups -OCH3 is 1. The van der Waals surface area contributed by atoms with Gasteiger partial charge in [-0.25, -0.2) is 0 Å². The van der Waals surface area contributed by atoms with Gasteiger partial charge in [-0.2, -0.15) is 0 Å². The highest BCUT2D eigenvalue weighted by Crippen LogP contribution is 2.56. The molecule has 0 aromatic carbocycles. The van der Waals surface area contributed by atoms with Crippen LogP contribution >= 0.6 is 0 Å². The number of hydrogen-bond acceptors (Lipinski definition) is 3. The average Bonchev–Trinajstić information content (AvgIpc) is 2.48. The Balaban J connectivity index is 2.31. The molecule has 0 amide bonds. The maximum absolute atomic E-state index is 12.0. The second-order valence-corrected chi connectivity index (χ2v) is 14.7. The van der Waals surface area contributed by atoms with Gasteiger partial charge < -0.3 is 9.16 Å². The molecule has 3 nitrogen and oxygen atoms in total. The number of fused-ring (bicyclic) bond motifs is 1. The minimum atomic E-state index is -1.81. The lowest BCUT2D eigenvalue weighted by atomic mass is 9.55. The van der Waals surface area contributed by atoms with Crippen LogP contribution in [0, 0.1) is 17.3 Å². The van der Waals surface area contributed by atoms with Crippen LogP contribution in [-0.4, -0.2) is 27.3 Å². The molecule has 2 saturated carbocycles. The Hall–Kier alpha value is -0.613. The molecular formula is C21H38O3Si. The fourth-order valence-corrected chi connectivity index (χ4v) is 5.93. The molecule has 0 saturated heterocycles. The normalized spacial score (nSPS) is 35.4. The quantitative estimate of drug-likeness (QED) is 0.472. The van der Waals surface area contributed by atoms with Crippen molar-refractivity contribution in [2.75, 3.05) is 7.11 Å². The molecule has 2 aliphatic rings. The zero-order chi connectivity index (χ0) is 19.0. The number of carbonyl (C=O) groups is 1. The summed E-state index contributed by atoms with van der Waals surface area (Å²) in [5.41, 5.74) is 1.50. The molecular weight excluding hydrogens is 328 g/mol. The summed E-state index contributed by atoms with van der Waals surface area (Å²) in [6, 6.07) is 0. The molecule has 0 N–H and O–H groups in total. The highest BCUT2D eigenvalue weighted by atomic mass is 28.4. The van der Waals surface area contributed by atoms with E-state index in [1.54, 1.807) is 14.0 Å². The summed E-state index contributed by atoms with van der Waals surface area (Å²) in [7, 11) is -0.0826. The monoisotopic (exact) mass is 366 g/mol. The molecule has 0 aromatic heterocycles. The number of allylic oxidation sites excluding steroid dienone is 1. The Morgan fingerprint density at radius 1 is 1.28 bits per heavy atom. The number of rotatable bonds is 4. The van der Waals surface area contributed by atoms with E-state index in [0.29, 0.717) is 17.8 Å². The number of carbonyl (C=O) groups excluding carboxylic acids is 1. The van der Waals surface area contributed by atoms with E-state index in [2.05, 4.69) is 40.8 Å². The highest BCUT2D eigenvalue weighted by Gasteiger charge is 2.53.